The van der Waals surface area contributed by atoms with E-state index in [-0.39, 0.29) is 6.23 Å². The number of hydrogen-bond donors (Lipinski definition) is 0. The van der Waals surface area contributed by atoms with Gasteiger partial charge in [-0.15, -0.1) is 0 Å². The highest BCUT2D eigenvalue weighted by molar-refractivity contribution is 9.10. The molecule has 1 aliphatic heterocycles. The molecule has 1 aromatic carbocycles. The largest absolute Gasteiger partial charge is 0.356 e. The molecule has 1 unspecified atom stereocenters. The first-order valence-corrected chi connectivity index (χ1v) is 6.80. The first-order chi connectivity index (χ1) is 8.27. The van der Waals surface area contributed by atoms with Crippen molar-refractivity contribution in [2.24, 2.45) is 0 Å². The van der Waals surface area contributed by atoms with Gasteiger partial charge in [-0.1, -0.05) is 22.0 Å². The van der Waals surface area contributed by atoms with Crippen LogP contribution in [0.2, 0.25) is 0 Å². The molecular weight excluding hydrogens is 280 g/mol. The average Bonchev–Trinajstić information content (AvgIpc) is 2.81. The van der Waals surface area contributed by atoms with E-state index >= 15 is 0 Å². The summed E-state index contributed by atoms with van der Waals surface area (Å²) in [4.78, 5) is 0. The lowest BCUT2D eigenvalue weighted by Crippen LogP contribution is -2.19. The molecular formula is C13H15BrN2O. The predicted molar refractivity (Wildman–Crippen MR) is 71.0 cm³/mol. The normalized spacial score (nSPS) is 20.9. The average molecular weight is 295 g/mol. The van der Waals surface area contributed by atoms with E-state index in [4.69, 9.17) is 4.74 Å². The topological polar surface area (TPSA) is 27.1 Å². The Kier molecular flexibility index (Phi) is 2.92. The fourth-order valence-corrected chi connectivity index (χ4v) is 2.85. The minimum atomic E-state index is 0.106. The van der Waals surface area contributed by atoms with Gasteiger partial charge in [0.2, 0.25) is 0 Å². The zero-order valence-corrected chi connectivity index (χ0v) is 11.4. The van der Waals surface area contributed by atoms with Gasteiger partial charge in [0, 0.05) is 16.5 Å². The van der Waals surface area contributed by atoms with Crippen molar-refractivity contribution in [1.29, 1.82) is 0 Å². The van der Waals surface area contributed by atoms with Crippen molar-refractivity contribution in [2.75, 3.05) is 6.61 Å². The Balaban J connectivity index is 2.13. The molecule has 0 spiro atoms. The summed E-state index contributed by atoms with van der Waals surface area (Å²) in [6, 6.07) is 4.19. The first kappa shape index (κ1) is 11.2. The van der Waals surface area contributed by atoms with Crippen LogP contribution in [0.1, 0.15) is 31.1 Å². The number of halogens is 1. The molecule has 0 amide bonds. The van der Waals surface area contributed by atoms with Gasteiger partial charge in [-0.3, -0.25) is 0 Å². The summed E-state index contributed by atoms with van der Waals surface area (Å²) < 4.78 is 8.94. The van der Waals surface area contributed by atoms with E-state index in [0.717, 1.165) is 17.5 Å². The summed E-state index contributed by atoms with van der Waals surface area (Å²) in [5.74, 6) is 0. The lowest BCUT2D eigenvalue weighted by atomic mass is 10.1. The van der Waals surface area contributed by atoms with Crippen molar-refractivity contribution >= 4 is 26.8 Å². The molecule has 0 aliphatic carbocycles. The second kappa shape index (κ2) is 4.42. The Morgan fingerprint density at radius 3 is 3.06 bits per heavy atom. The van der Waals surface area contributed by atoms with E-state index in [1.807, 2.05) is 10.9 Å². The fourth-order valence-electron chi connectivity index (χ4n) is 2.43. The van der Waals surface area contributed by atoms with E-state index in [1.165, 1.54) is 29.3 Å². The maximum Gasteiger partial charge on any atom is 0.150 e. The van der Waals surface area contributed by atoms with Crippen LogP contribution in [0, 0.1) is 6.92 Å². The molecule has 0 bridgehead atoms. The van der Waals surface area contributed by atoms with Crippen LogP contribution in [-0.4, -0.2) is 16.4 Å². The van der Waals surface area contributed by atoms with Gasteiger partial charge in [-0.25, -0.2) is 4.68 Å². The SMILES string of the molecule is Cc1ccc(Br)c2cnn(C3CCCCO3)c12. The molecule has 2 heterocycles. The summed E-state index contributed by atoms with van der Waals surface area (Å²) in [5, 5.41) is 5.67. The van der Waals surface area contributed by atoms with Crippen molar-refractivity contribution < 1.29 is 4.74 Å². The van der Waals surface area contributed by atoms with E-state index in [2.05, 4.69) is 40.1 Å². The number of benzene rings is 1. The molecule has 1 saturated heterocycles. The van der Waals surface area contributed by atoms with Gasteiger partial charge < -0.3 is 4.74 Å². The maximum atomic E-state index is 5.81. The molecule has 3 rings (SSSR count). The molecule has 0 radical (unpaired) electrons. The number of nitrogens with zero attached hydrogens (tertiary/aromatic N) is 2. The quantitative estimate of drug-likeness (QED) is 0.800. The summed E-state index contributed by atoms with van der Waals surface area (Å²) in [7, 11) is 0. The van der Waals surface area contributed by atoms with Crippen molar-refractivity contribution in [2.45, 2.75) is 32.4 Å². The number of hydrogen-bond acceptors (Lipinski definition) is 2. The predicted octanol–water partition coefficient (Wildman–Crippen LogP) is 3.81. The van der Waals surface area contributed by atoms with Crippen molar-refractivity contribution in [3.8, 4) is 0 Å². The second-order valence-electron chi connectivity index (χ2n) is 4.54. The minimum Gasteiger partial charge on any atom is -0.356 e. The van der Waals surface area contributed by atoms with Gasteiger partial charge in [-0.05, 0) is 37.8 Å². The number of fused-ring (bicyclic) bond motifs is 1. The minimum absolute atomic E-state index is 0.106. The van der Waals surface area contributed by atoms with Gasteiger partial charge in [0.15, 0.2) is 6.23 Å². The van der Waals surface area contributed by atoms with Crippen LogP contribution < -0.4 is 0 Å². The Hall–Kier alpha value is -0.870. The third-order valence-corrected chi connectivity index (χ3v) is 4.03. The van der Waals surface area contributed by atoms with Crippen LogP contribution in [0.5, 0.6) is 0 Å². The zero-order chi connectivity index (χ0) is 11.8. The summed E-state index contributed by atoms with van der Waals surface area (Å²) in [5.41, 5.74) is 2.43. The fraction of sp³-hybridized carbons (Fsp3) is 0.462. The van der Waals surface area contributed by atoms with E-state index < -0.39 is 0 Å². The number of aromatic nitrogens is 2. The highest BCUT2D eigenvalue weighted by atomic mass is 79.9. The summed E-state index contributed by atoms with van der Waals surface area (Å²) in [6.45, 7) is 2.97. The standard InChI is InChI=1S/C13H15BrN2O/c1-9-5-6-11(14)10-8-15-16(13(9)10)12-4-2-3-7-17-12/h5-6,8,12H,2-4,7H2,1H3. The van der Waals surface area contributed by atoms with Crippen LogP contribution in [0.3, 0.4) is 0 Å². The summed E-state index contributed by atoms with van der Waals surface area (Å²) in [6.07, 6.45) is 5.47. The molecule has 1 atom stereocenters. The molecule has 1 aromatic heterocycles. The van der Waals surface area contributed by atoms with Crippen molar-refractivity contribution in [1.82, 2.24) is 9.78 Å². The van der Waals surface area contributed by atoms with Crippen LogP contribution in [0.25, 0.3) is 10.9 Å². The third-order valence-electron chi connectivity index (χ3n) is 3.33. The molecule has 1 fully saturated rings. The monoisotopic (exact) mass is 294 g/mol. The highest BCUT2D eigenvalue weighted by Gasteiger charge is 2.19. The van der Waals surface area contributed by atoms with Crippen LogP contribution in [0.15, 0.2) is 22.8 Å². The second-order valence-corrected chi connectivity index (χ2v) is 5.39. The lowest BCUT2D eigenvalue weighted by molar-refractivity contribution is -0.0367. The van der Waals surface area contributed by atoms with Crippen LogP contribution >= 0.6 is 15.9 Å². The molecule has 3 nitrogen and oxygen atoms in total. The molecule has 90 valence electrons. The number of ether oxygens (including phenoxy) is 1. The Labute approximate surface area is 109 Å². The van der Waals surface area contributed by atoms with E-state index in [9.17, 15) is 0 Å². The maximum absolute atomic E-state index is 5.81. The smallest absolute Gasteiger partial charge is 0.150 e. The third kappa shape index (κ3) is 1.89. The van der Waals surface area contributed by atoms with Gasteiger partial charge >= 0.3 is 0 Å². The molecule has 17 heavy (non-hydrogen) atoms. The summed E-state index contributed by atoms with van der Waals surface area (Å²) >= 11 is 3.57. The molecule has 0 N–H and O–H groups in total. The molecule has 0 saturated carbocycles. The Bertz CT molecular complexity index is 544. The molecule has 4 heteroatoms. The first-order valence-electron chi connectivity index (χ1n) is 6.01. The Morgan fingerprint density at radius 2 is 2.29 bits per heavy atom. The zero-order valence-electron chi connectivity index (χ0n) is 9.82. The highest BCUT2D eigenvalue weighted by Crippen LogP contribution is 2.31. The van der Waals surface area contributed by atoms with Gasteiger partial charge in [-0.2, -0.15) is 5.10 Å². The van der Waals surface area contributed by atoms with Gasteiger partial charge in [0.25, 0.3) is 0 Å². The van der Waals surface area contributed by atoms with Crippen LogP contribution in [0.4, 0.5) is 0 Å². The molecule has 1 aliphatic rings. The van der Waals surface area contributed by atoms with E-state index in [1.54, 1.807) is 0 Å². The number of aryl methyl sites for hydroxylation is 1. The Morgan fingerprint density at radius 1 is 1.41 bits per heavy atom. The van der Waals surface area contributed by atoms with Crippen LogP contribution in [-0.2, 0) is 4.74 Å². The molecule has 2 aromatic rings. The van der Waals surface area contributed by atoms with Gasteiger partial charge in [0.05, 0.1) is 11.7 Å². The number of rotatable bonds is 1. The van der Waals surface area contributed by atoms with Crippen molar-refractivity contribution in [3.63, 3.8) is 0 Å². The van der Waals surface area contributed by atoms with Crippen molar-refractivity contribution in [3.05, 3.63) is 28.4 Å². The van der Waals surface area contributed by atoms with Gasteiger partial charge in [0.1, 0.15) is 0 Å². The lowest BCUT2D eigenvalue weighted by Gasteiger charge is -2.23. The van der Waals surface area contributed by atoms with E-state index in [0.29, 0.717) is 0 Å².